The summed E-state index contributed by atoms with van der Waals surface area (Å²) in [7, 11) is 0. The number of benzene rings is 2. The van der Waals surface area contributed by atoms with Crippen LogP contribution < -0.4 is 5.32 Å². The van der Waals surface area contributed by atoms with Gasteiger partial charge in [-0.1, -0.05) is 30.3 Å². The Morgan fingerprint density at radius 3 is 2.67 bits per heavy atom. The summed E-state index contributed by atoms with van der Waals surface area (Å²) in [5.41, 5.74) is 2.81. The summed E-state index contributed by atoms with van der Waals surface area (Å²) in [6, 6.07) is 18.2. The van der Waals surface area contributed by atoms with Gasteiger partial charge in [0.25, 0.3) is 5.91 Å². The quantitative estimate of drug-likeness (QED) is 0.466. The van der Waals surface area contributed by atoms with Gasteiger partial charge in [-0.25, -0.2) is 9.78 Å². The molecule has 0 radical (unpaired) electrons. The smallest absolute Gasteiger partial charge is 0.374 e. The van der Waals surface area contributed by atoms with Gasteiger partial charge in [0.1, 0.15) is 11.3 Å². The molecule has 0 saturated heterocycles. The molecule has 152 valence electrons. The standard InChI is InChI=1S/C23H20N2O5/c1-2-28-23(27)20-11-9-17(29-20)14-24-22(26)16-8-10-19-18(13-16)25-21(30-19)12-15-6-4-3-5-7-15/h3-11,13H,2,12,14H2,1H3,(H,24,26). The van der Waals surface area contributed by atoms with Crippen molar-refractivity contribution in [1.82, 2.24) is 10.3 Å². The van der Waals surface area contributed by atoms with Crippen LogP contribution in [-0.2, 0) is 17.7 Å². The van der Waals surface area contributed by atoms with Crippen molar-refractivity contribution in [1.29, 1.82) is 0 Å². The Hall–Kier alpha value is -3.87. The van der Waals surface area contributed by atoms with Crippen LogP contribution in [0.25, 0.3) is 11.1 Å². The molecule has 2 aromatic heterocycles. The second-order valence-corrected chi connectivity index (χ2v) is 6.62. The Morgan fingerprint density at radius 2 is 1.87 bits per heavy atom. The predicted molar refractivity (Wildman–Crippen MR) is 109 cm³/mol. The second kappa shape index (κ2) is 8.65. The van der Waals surface area contributed by atoms with Crippen LogP contribution in [0.3, 0.4) is 0 Å². The normalized spacial score (nSPS) is 10.8. The van der Waals surface area contributed by atoms with Crippen molar-refractivity contribution >= 4 is 23.0 Å². The van der Waals surface area contributed by atoms with Gasteiger partial charge >= 0.3 is 5.97 Å². The van der Waals surface area contributed by atoms with E-state index in [0.717, 1.165) is 5.56 Å². The van der Waals surface area contributed by atoms with Crippen LogP contribution in [0.1, 0.15) is 45.1 Å². The van der Waals surface area contributed by atoms with E-state index < -0.39 is 5.97 Å². The maximum atomic E-state index is 12.5. The zero-order valence-corrected chi connectivity index (χ0v) is 16.4. The van der Waals surface area contributed by atoms with Crippen LogP contribution in [0.5, 0.6) is 0 Å². The molecule has 4 rings (SSSR count). The van der Waals surface area contributed by atoms with Gasteiger partial charge in [-0.2, -0.15) is 0 Å². The maximum Gasteiger partial charge on any atom is 0.374 e. The lowest BCUT2D eigenvalue weighted by Gasteiger charge is -2.03. The van der Waals surface area contributed by atoms with E-state index >= 15 is 0 Å². The molecule has 2 aromatic carbocycles. The van der Waals surface area contributed by atoms with E-state index in [0.29, 0.717) is 34.7 Å². The van der Waals surface area contributed by atoms with Gasteiger partial charge in [0.05, 0.1) is 13.2 Å². The lowest BCUT2D eigenvalue weighted by atomic mass is 10.1. The molecular weight excluding hydrogens is 384 g/mol. The van der Waals surface area contributed by atoms with Gasteiger partial charge in [0, 0.05) is 12.0 Å². The minimum atomic E-state index is -0.530. The third-order valence-electron chi connectivity index (χ3n) is 4.45. The first kappa shape index (κ1) is 19.4. The molecule has 0 bridgehead atoms. The Bertz CT molecular complexity index is 1180. The van der Waals surface area contributed by atoms with Gasteiger partial charge in [-0.3, -0.25) is 4.79 Å². The van der Waals surface area contributed by atoms with Gasteiger partial charge in [0.2, 0.25) is 5.76 Å². The molecule has 0 saturated carbocycles. The third kappa shape index (κ3) is 4.41. The molecule has 30 heavy (non-hydrogen) atoms. The van der Waals surface area contributed by atoms with Crippen LogP contribution in [0.15, 0.2) is 69.5 Å². The molecule has 7 heteroatoms. The fourth-order valence-electron chi connectivity index (χ4n) is 3.02. The summed E-state index contributed by atoms with van der Waals surface area (Å²) in [5.74, 6) is 0.349. The number of nitrogens with zero attached hydrogens (tertiary/aromatic N) is 1. The molecule has 1 amide bonds. The molecule has 0 aliphatic rings. The van der Waals surface area contributed by atoms with Crippen molar-refractivity contribution in [3.63, 3.8) is 0 Å². The minimum Gasteiger partial charge on any atom is -0.460 e. The molecular formula is C23H20N2O5. The van der Waals surface area contributed by atoms with Gasteiger partial charge in [-0.15, -0.1) is 0 Å². The van der Waals surface area contributed by atoms with Crippen molar-refractivity contribution < 1.29 is 23.2 Å². The molecule has 0 atom stereocenters. The van der Waals surface area contributed by atoms with E-state index in [-0.39, 0.29) is 24.8 Å². The van der Waals surface area contributed by atoms with Crippen LogP contribution in [-0.4, -0.2) is 23.5 Å². The SMILES string of the molecule is CCOC(=O)c1ccc(CNC(=O)c2ccc3oc(Cc4ccccc4)nc3c2)o1. The predicted octanol–water partition coefficient (Wildman–Crippen LogP) is 4.12. The van der Waals surface area contributed by atoms with Gasteiger partial charge in [-0.05, 0) is 42.8 Å². The fraction of sp³-hybridized carbons (Fsp3) is 0.174. The number of hydrogen-bond donors (Lipinski definition) is 1. The van der Waals surface area contributed by atoms with E-state index in [4.69, 9.17) is 13.6 Å². The van der Waals surface area contributed by atoms with Crippen molar-refractivity contribution in [3.05, 3.63) is 89.2 Å². The molecule has 0 aliphatic heterocycles. The minimum absolute atomic E-state index is 0.107. The zero-order chi connectivity index (χ0) is 20.9. The highest BCUT2D eigenvalue weighted by Gasteiger charge is 2.14. The Balaban J connectivity index is 1.41. The van der Waals surface area contributed by atoms with Crippen molar-refractivity contribution in [2.75, 3.05) is 6.61 Å². The summed E-state index contributed by atoms with van der Waals surface area (Å²) >= 11 is 0. The molecule has 2 heterocycles. The largest absolute Gasteiger partial charge is 0.460 e. The molecule has 4 aromatic rings. The molecule has 0 unspecified atom stereocenters. The van der Waals surface area contributed by atoms with Crippen LogP contribution in [0, 0.1) is 0 Å². The van der Waals surface area contributed by atoms with Gasteiger partial charge < -0.3 is 18.9 Å². The van der Waals surface area contributed by atoms with E-state index in [1.807, 2.05) is 30.3 Å². The number of hydrogen-bond acceptors (Lipinski definition) is 6. The number of furan rings is 1. The van der Waals surface area contributed by atoms with E-state index in [1.54, 1.807) is 31.2 Å². The number of nitrogens with one attached hydrogen (secondary N) is 1. The van der Waals surface area contributed by atoms with Crippen LogP contribution in [0.4, 0.5) is 0 Å². The number of carbonyl (C=O) groups is 2. The first-order valence-corrected chi connectivity index (χ1v) is 9.60. The third-order valence-corrected chi connectivity index (χ3v) is 4.45. The highest BCUT2D eigenvalue weighted by molar-refractivity contribution is 5.97. The van der Waals surface area contributed by atoms with Crippen LogP contribution >= 0.6 is 0 Å². The second-order valence-electron chi connectivity index (χ2n) is 6.62. The number of amides is 1. The summed E-state index contributed by atoms with van der Waals surface area (Å²) in [4.78, 5) is 28.6. The average Bonchev–Trinajstić information content (AvgIpc) is 3.39. The highest BCUT2D eigenvalue weighted by atomic mass is 16.5. The summed E-state index contributed by atoms with van der Waals surface area (Å²) < 4.78 is 16.1. The summed E-state index contributed by atoms with van der Waals surface area (Å²) in [6.07, 6.45) is 0.582. The number of fused-ring (bicyclic) bond motifs is 1. The number of esters is 1. The summed E-state index contributed by atoms with van der Waals surface area (Å²) in [5, 5.41) is 2.77. The van der Waals surface area contributed by atoms with Crippen LogP contribution in [0.2, 0.25) is 0 Å². The molecule has 0 aliphatic carbocycles. The van der Waals surface area contributed by atoms with E-state index in [9.17, 15) is 9.59 Å². The Kier molecular flexibility index (Phi) is 5.61. The first-order valence-electron chi connectivity index (χ1n) is 9.60. The molecule has 0 fully saturated rings. The first-order chi connectivity index (χ1) is 14.6. The molecule has 0 spiro atoms. The zero-order valence-electron chi connectivity index (χ0n) is 16.4. The Morgan fingerprint density at radius 1 is 1.03 bits per heavy atom. The topological polar surface area (TPSA) is 94.6 Å². The average molecular weight is 404 g/mol. The number of aromatic nitrogens is 1. The monoisotopic (exact) mass is 404 g/mol. The van der Waals surface area contributed by atoms with Crippen molar-refractivity contribution in [2.24, 2.45) is 0 Å². The fourth-order valence-corrected chi connectivity index (χ4v) is 3.02. The lowest BCUT2D eigenvalue weighted by molar-refractivity contribution is 0.0488. The Labute approximate surface area is 172 Å². The lowest BCUT2D eigenvalue weighted by Crippen LogP contribution is -2.22. The van der Waals surface area contributed by atoms with E-state index in [1.165, 1.54) is 6.07 Å². The van der Waals surface area contributed by atoms with E-state index in [2.05, 4.69) is 10.3 Å². The summed E-state index contributed by atoms with van der Waals surface area (Å²) in [6.45, 7) is 2.13. The number of ether oxygens (including phenoxy) is 1. The molecule has 1 N–H and O–H groups in total. The number of oxazole rings is 1. The van der Waals surface area contributed by atoms with Crippen molar-refractivity contribution in [3.8, 4) is 0 Å². The van der Waals surface area contributed by atoms with Crippen molar-refractivity contribution in [2.45, 2.75) is 19.9 Å². The molecule has 7 nitrogen and oxygen atoms in total. The number of carbonyl (C=O) groups excluding carboxylic acids is 2. The highest BCUT2D eigenvalue weighted by Crippen LogP contribution is 2.19. The van der Waals surface area contributed by atoms with Gasteiger partial charge in [0.15, 0.2) is 11.5 Å². The number of rotatable bonds is 7. The maximum absolute atomic E-state index is 12.5.